The summed E-state index contributed by atoms with van der Waals surface area (Å²) in [6.45, 7) is 1.57. The van der Waals surface area contributed by atoms with Crippen molar-refractivity contribution in [2.24, 2.45) is 0 Å². The van der Waals surface area contributed by atoms with Gasteiger partial charge < -0.3 is 10.1 Å². The molecule has 1 N–H and O–H groups in total. The molecular formula is C24H21N3O3. The second kappa shape index (κ2) is 8.61. The highest BCUT2D eigenvalue weighted by molar-refractivity contribution is 5.92. The summed E-state index contributed by atoms with van der Waals surface area (Å²) in [6, 6.07) is 22.4. The van der Waals surface area contributed by atoms with Gasteiger partial charge in [-0.3, -0.25) is 4.79 Å². The van der Waals surface area contributed by atoms with E-state index < -0.39 is 5.97 Å². The molecule has 0 aliphatic carbocycles. The number of benzene rings is 3. The standard InChI is InChI=1S/C24H21N3O3/c1-17(21-9-4-7-18-6-2-3-8-22(18)21)26-23(28)16-30-24(29)19-10-12-20(13-11-19)27-15-5-14-25-27/h2-15,17H,16H2,1H3,(H,26,28)/t17-/m0/s1. The highest BCUT2D eigenvalue weighted by Crippen LogP contribution is 2.24. The Bertz CT molecular complexity index is 1160. The van der Waals surface area contributed by atoms with Crippen molar-refractivity contribution < 1.29 is 14.3 Å². The molecule has 1 amide bonds. The summed E-state index contributed by atoms with van der Waals surface area (Å²) in [6.07, 6.45) is 3.49. The number of nitrogens with zero attached hydrogens (tertiary/aromatic N) is 2. The molecule has 0 aliphatic heterocycles. The summed E-state index contributed by atoms with van der Waals surface area (Å²) >= 11 is 0. The van der Waals surface area contributed by atoms with Crippen molar-refractivity contribution in [2.45, 2.75) is 13.0 Å². The van der Waals surface area contributed by atoms with Gasteiger partial charge in [0.2, 0.25) is 0 Å². The van der Waals surface area contributed by atoms with Crippen LogP contribution in [0.2, 0.25) is 0 Å². The zero-order valence-electron chi connectivity index (χ0n) is 16.5. The minimum atomic E-state index is -0.546. The number of aromatic nitrogens is 2. The third kappa shape index (κ3) is 4.22. The molecule has 0 saturated carbocycles. The smallest absolute Gasteiger partial charge is 0.338 e. The van der Waals surface area contributed by atoms with E-state index >= 15 is 0 Å². The van der Waals surface area contributed by atoms with Crippen LogP contribution in [0.5, 0.6) is 0 Å². The summed E-state index contributed by atoms with van der Waals surface area (Å²) in [5.41, 5.74) is 2.22. The van der Waals surface area contributed by atoms with E-state index in [-0.39, 0.29) is 18.6 Å². The Kier molecular flexibility index (Phi) is 5.57. The normalized spacial score (nSPS) is 11.8. The molecule has 1 heterocycles. The maximum atomic E-state index is 12.3. The second-order valence-electron chi connectivity index (χ2n) is 6.93. The van der Waals surface area contributed by atoms with E-state index in [1.54, 1.807) is 35.1 Å². The number of amides is 1. The van der Waals surface area contributed by atoms with Gasteiger partial charge in [0.15, 0.2) is 6.61 Å². The first-order valence-electron chi connectivity index (χ1n) is 9.66. The van der Waals surface area contributed by atoms with Crippen molar-refractivity contribution in [1.82, 2.24) is 15.1 Å². The van der Waals surface area contributed by atoms with Crippen molar-refractivity contribution in [3.8, 4) is 5.69 Å². The van der Waals surface area contributed by atoms with Gasteiger partial charge in [-0.1, -0.05) is 42.5 Å². The predicted molar refractivity (Wildman–Crippen MR) is 114 cm³/mol. The maximum Gasteiger partial charge on any atom is 0.338 e. The van der Waals surface area contributed by atoms with Gasteiger partial charge in [-0.25, -0.2) is 9.48 Å². The summed E-state index contributed by atoms with van der Waals surface area (Å²) in [4.78, 5) is 24.6. The van der Waals surface area contributed by atoms with Crippen molar-refractivity contribution in [3.05, 3.63) is 96.3 Å². The molecule has 0 saturated heterocycles. The summed E-state index contributed by atoms with van der Waals surface area (Å²) in [7, 11) is 0. The largest absolute Gasteiger partial charge is 0.452 e. The third-order valence-corrected chi connectivity index (χ3v) is 4.87. The molecule has 0 aliphatic rings. The molecule has 30 heavy (non-hydrogen) atoms. The molecule has 1 atom stereocenters. The Morgan fingerprint density at radius 3 is 2.53 bits per heavy atom. The zero-order valence-corrected chi connectivity index (χ0v) is 16.5. The highest BCUT2D eigenvalue weighted by Gasteiger charge is 2.15. The van der Waals surface area contributed by atoms with Crippen LogP contribution in [-0.4, -0.2) is 28.3 Å². The van der Waals surface area contributed by atoms with Crippen LogP contribution in [0.3, 0.4) is 0 Å². The van der Waals surface area contributed by atoms with E-state index in [2.05, 4.69) is 10.4 Å². The third-order valence-electron chi connectivity index (χ3n) is 4.87. The number of hydrogen-bond donors (Lipinski definition) is 1. The van der Waals surface area contributed by atoms with Crippen LogP contribution in [0.15, 0.2) is 85.2 Å². The van der Waals surface area contributed by atoms with Gasteiger partial charge in [-0.05, 0) is 53.6 Å². The van der Waals surface area contributed by atoms with Crippen LogP contribution in [0.4, 0.5) is 0 Å². The van der Waals surface area contributed by atoms with E-state index in [0.717, 1.165) is 22.0 Å². The van der Waals surface area contributed by atoms with Crippen LogP contribution < -0.4 is 5.32 Å². The molecule has 1 aromatic heterocycles. The average Bonchev–Trinajstić information content (AvgIpc) is 3.32. The van der Waals surface area contributed by atoms with Gasteiger partial charge in [-0.15, -0.1) is 0 Å². The lowest BCUT2D eigenvalue weighted by molar-refractivity contribution is -0.124. The zero-order chi connectivity index (χ0) is 20.9. The minimum absolute atomic E-state index is 0.212. The van der Waals surface area contributed by atoms with Crippen molar-refractivity contribution in [2.75, 3.05) is 6.61 Å². The number of carbonyl (C=O) groups excluding carboxylic acids is 2. The Morgan fingerprint density at radius 1 is 1.00 bits per heavy atom. The van der Waals surface area contributed by atoms with E-state index in [1.165, 1.54) is 0 Å². The number of nitrogens with one attached hydrogen (secondary N) is 1. The fourth-order valence-electron chi connectivity index (χ4n) is 3.38. The molecule has 4 aromatic rings. The number of ether oxygens (including phenoxy) is 1. The van der Waals surface area contributed by atoms with Crippen LogP contribution in [0, 0.1) is 0 Å². The minimum Gasteiger partial charge on any atom is -0.452 e. The van der Waals surface area contributed by atoms with E-state index in [4.69, 9.17) is 4.74 Å². The van der Waals surface area contributed by atoms with Crippen molar-refractivity contribution >= 4 is 22.6 Å². The number of hydrogen-bond acceptors (Lipinski definition) is 4. The Labute approximate surface area is 174 Å². The fourth-order valence-corrected chi connectivity index (χ4v) is 3.38. The van der Waals surface area contributed by atoms with Crippen molar-refractivity contribution in [3.63, 3.8) is 0 Å². The summed E-state index contributed by atoms with van der Waals surface area (Å²) < 4.78 is 6.86. The van der Waals surface area contributed by atoms with Crippen LogP contribution in [-0.2, 0) is 9.53 Å². The highest BCUT2D eigenvalue weighted by atomic mass is 16.5. The van der Waals surface area contributed by atoms with Gasteiger partial charge in [0, 0.05) is 12.4 Å². The van der Waals surface area contributed by atoms with Crippen LogP contribution in [0.25, 0.3) is 16.5 Å². The van der Waals surface area contributed by atoms with Gasteiger partial charge in [0.1, 0.15) is 0 Å². The molecule has 0 bridgehead atoms. The predicted octanol–water partition coefficient (Wildman–Crippen LogP) is 4.06. The average molecular weight is 399 g/mol. The Balaban J connectivity index is 1.34. The number of carbonyl (C=O) groups is 2. The lowest BCUT2D eigenvalue weighted by Gasteiger charge is -2.16. The summed E-state index contributed by atoms with van der Waals surface area (Å²) in [5.74, 6) is -0.896. The number of fused-ring (bicyclic) bond motifs is 1. The Morgan fingerprint density at radius 2 is 1.77 bits per heavy atom. The summed E-state index contributed by atoms with van der Waals surface area (Å²) in [5, 5.41) is 9.23. The van der Waals surface area contributed by atoms with E-state index in [0.29, 0.717) is 5.56 Å². The van der Waals surface area contributed by atoms with E-state index in [1.807, 2.05) is 61.7 Å². The van der Waals surface area contributed by atoms with Crippen LogP contribution in [0.1, 0.15) is 28.9 Å². The van der Waals surface area contributed by atoms with Crippen LogP contribution >= 0.6 is 0 Å². The molecule has 0 radical (unpaired) electrons. The lowest BCUT2D eigenvalue weighted by atomic mass is 10.00. The first-order valence-corrected chi connectivity index (χ1v) is 9.66. The van der Waals surface area contributed by atoms with Gasteiger partial charge in [0.05, 0.1) is 17.3 Å². The topological polar surface area (TPSA) is 73.2 Å². The van der Waals surface area contributed by atoms with Gasteiger partial charge in [0.25, 0.3) is 5.91 Å². The number of rotatable bonds is 6. The molecular weight excluding hydrogens is 378 g/mol. The molecule has 4 rings (SSSR count). The van der Waals surface area contributed by atoms with Gasteiger partial charge in [-0.2, -0.15) is 5.10 Å². The molecule has 6 nitrogen and oxygen atoms in total. The molecule has 150 valence electrons. The Hall–Kier alpha value is -3.93. The first-order chi connectivity index (χ1) is 14.6. The SMILES string of the molecule is C[C@H](NC(=O)COC(=O)c1ccc(-n2cccn2)cc1)c1cccc2ccccc12. The maximum absolute atomic E-state index is 12.3. The van der Waals surface area contributed by atoms with Gasteiger partial charge >= 0.3 is 5.97 Å². The fraction of sp³-hybridized carbons (Fsp3) is 0.125. The quantitative estimate of drug-likeness (QED) is 0.496. The second-order valence-corrected chi connectivity index (χ2v) is 6.93. The number of esters is 1. The molecule has 6 heteroatoms. The van der Waals surface area contributed by atoms with E-state index in [9.17, 15) is 9.59 Å². The molecule has 0 fully saturated rings. The first kappa shape index (κ1) is 19.4. The lowest BCUT2D eigenvalue weighted by Crippen LogP contribution is -2.31. The molecule has 0 unspecified atom stereocenters. The van der Waals surface area contributed by atoms with Crippen molar-refractivity contribution in [1.29, 1.82) is 0 Å². The monoisotopic (exact) mass is 399 g/mol. The molecule has 0 spiro atoms. The molecule has 3 aromatic carbocycles.